The Morgan fingerprint density at radius 1 is 1.12 bits per heavy atom. The summed E-state index contributed by atoms with van der Waals surface area (Å²) in [6.45, 7) is 4.23. The maximum absolute atomic E-state index is 6.49. The molecule has 2 aromatic heterocycles. The number of hydrogen-bond donors (Lipinski definition) is 0. The summed E-state index contributed by atoms with van der Waals surface area (Å²) in [4.78, 5) is 4.73. The molecule has 0 aliphatic heterocycles. The van der Waals surface area contributed by atoms with Crippen molar-refractivity contribution in [3.8, 4) is 0 Å². The third-order valence-electron chi connectivity index (χ3n) is 5.08. The van der Waals surface area contributed by atoms with Gasteiger partial charge in [-0.25, -0.2) is 9.50 Å². The van der Waals surface area contributed by atoms with Crippen LogP contribution in [0.4, 0.5) is 0 Å². The summed E-state index contributed by atoms with van der Waals surface area (Å²) in [7, 11) is 0. The van der Waals surface area contributed by atoms with E-state index in [1.54, 1.807) is 4.52 Å². The van der Waals surface area contributed by atoms with Crippen molar-refractivity contribution in [3.63, 3.8) is 0 Å². The molecule has 4 rings (SSSR count). The summed E-state index contributed by atoms with van der Waals surface area (Å²) in [6.07, 6.45) is 3.28. The molecule has 0 atom stereocenters. The molecule has 0 spiro atoms. The second-order valence-electron chi connectivity index (χ2n) is 6.87. The zero-order valence-corrected chi connectivity index (χ0v) is 15.3. The fourth-order valence-electron chi connectivity index (χ4n) is 3.53. The first-order valence-corrected chi connectivity index (χ1v) is 9.08. The number of rotatable bonds is 3. The van der Waals surface area contributed by atoms with Crippen LogP contribution in [0, 0.1) is 0 Å². The molecule has 1 saturated carbocycles. The summed E-state index contributed by atoms with van der Waals surface area (Å²) in [5, 5.41) is 6.19. The van der Waals surface area contributed by atoms with Crippen LogP contribution in [0.2, 0.25) is 10.2 Å². The highest BCUT2D eigenvalue weighted by Gasteiger charge is 2.43. The minimum Gasteiger partial charge on any atom is -0.233 e. The fraction of sp³-hybridized carbons (Fsp3) is 0.368. The molecule has 3 nitrogen and oxygen atoms in total. The van der Waals surface area contributed by atoms with E-state index in [4.69, 9.17) is 33.3 Å². The first-order valence-electron chi connectivity index (χ1n) is 8.33. The molecule has 0 radical (unpaired) electrons. The van der Waals surface area contributed by atoms with E-state index in [0.717, 1.165) is 40.5 Å². The average molecular weight is 360 g/mol. The standard InChI is InChI=1S/C19H19Cl2N3/c1-12(2)15-10-17(21)24-18(22-15)11-16(23-24)19(8-5-9-19)13-6-3-4-7-14(13)20/h3-4,6-7,10-12H,5,8-9H2,1-2H3. The van der Waals surface area contributed by atoms with Crippen molar-refractivity contribution in [1.29, 1.82) is 0 Å². The van der Waals surface area contributed by atoms with Crippen LogP contribution in [0.1, 0.15) is 56.0 Å². The largest absolute Gasteiger partial charge is 0.233 e. The van der Waals surface area contributed by atoms with Crippen molar-refractivity contribution < 1.29 is 0 Å². The summed E-state index contributed by atoms with van der Waals surface area (Å²) < 4.78 is 1.74. The maximum atomic E-state index is 6.49. The van der Waals surface area contributed by atoms with Crippen LogP contribution in [-0.4, -0.2) is 14.6 Å². The van der Waals surface area contributed by atoms with Gasteiger partial charge in [-0.2, -0.15) is 5.10 Å². The van der Waals surface area contributed by atoms with Crippen molar-refractivity contribution in [3.05, 3.63) is 63.5 Å². The molecule has 1 aromatic carbocycles. The second kappa shape index (κ2) is 5.75. The molecular formula is C19H19Cl2N3. The van der Waals surface area contributed by atoms with Crippen molar-refractivity contribution in [1.82, 2.24) is 14.6 Å². The normalized spacial score (nSPS) is 16.5. The van der Waals surface area contributed by atoms with Crippen LogP contribution in [0.25, 0.3) is 5.65 Å². The maximum Gasteiger partial charge on any atom is 0.157 e. The highest BCUT2D eigenvalue weighted by Crippen LogP contribution is 2.50. The molecule has 0 N–H and O–H groups in total. The van der Waals surface area contributed by atoms with Gasteiger partial charge in [0.25, 0.3) is 0 Å². The molecule has 0 unspecified atom stereocenters. The van der Waals surface area contributed by atoms with E-state index in [2.05, 4.69) is 26.0 Å². The van der Waals surface area contributed by atoms with Crippen molar-refractivity contribution in [2.45, 2.75) is 44.4 Å². The number of benzene rings is 1. The molecule has 5 heteroatoms. The van der Waals surface area contributed by atoms with Crippen molar-refractivity contribution in [2.24, 2.45) is 0 Å². The van der Waals surface area contributed by atoms with E-state index in [-0.39, 0.29) is 5.41 Å². The van der Waals surface area contributed by atoms with E-state index >= 15 is 0 Å². The van der Waals surface area contributed by atoms with Crippen LogP contribution in [0.15, 0.2) is 36.4 Å². The monoisotopic (exact) mass is 359 g/mol. The van der Waals surface area contributed by atoms with Crippen molar-refractivity contribution >= 4 is 28.8 Å². The highest BCUT2D eigenvalue weighted by atomic mass is 35.5. The van der Waals surface area contributed by atoms with E-state index in [1.165, 1.54) is 6.42 Å². The van der Waals surface area contributed by atoms with Crippen LogP contribution < -0.4 is 0 Å². The van der Waals surface area contributed by atoms with E-state index < -0.39 is 0 Å². The number of nitrogens with zero attached hydrogens (tertiary/aromatic N) is 3. The first kappa shape index (κ1) is 15.9. The molecule has 24 heavy (non-hydrogen) atoms. The topological polar surface area (TPSA) is 30.2 Å². The van der Waals surface area contributed by atoms with Gasteiger partial charge >= 0.3 is 0 Å². The minimum atomic E-state index is -0.118. The number of fused-ring (bicyclic) bond motifs is 1. The summed E-state index contributed by atoms with van der Waals surface area (Å²) in [5.41, 5.74) is 3.84. The van der Waals surface area contributed by atoms with E-state index in [0.29, 0.717) is 11.1 Å². The third-order valence-corrected chi connectivity index (χ3v) is 5.68. The smallest absolute Gasteiger partial charge is 0.157 e. The van der Waals surface area contributed by atoms with E-state index in [1.807, 2.05) is 24.3 Å². The second-order valence-corrected chi connectivity index (χ2v) is 7.67. The van der Waals surface area contributed by atoms with Gasteiger partial charge in [0.05, 0.1) is 5.69 Å². The molecule has 1 aliphatic rings. The summed E-state index contributed by atoms with van der Waals surface area (Å²) >= 11 is 12.9. The Balaban J connectivity index is 1.89. The van der Waals surface area contributed by atoms with Crippen LogP contribution >= 0.6 is 23.2 Å². The van der Waals surface area contributed by atoms with Crippen LogP contribution in [0.3, 0.4) is 0 Å². The van der Waals surface area contributed by atoms with Gasteiger partial charge in [-0.15, -0.1) is 0 Å². The summed E-state index contributed by atoms with van der Waals surface area (Å²) in [6, 6.07) is 12.0. The molecule has 0 saturated heterocycles. The van der Waals surface area contributed by atoms with Gasteiger partial charge in [0, 0.05) is 22.2 Å². The third kappa shape index (κ3) is 2.34. The van der Waals surface area contributed by atoms with Gasteiger partial charge in [0.2, 0.25) is 0 Å². The van der Waals surface area contributed by atoms with Gasteiger partial charge in [0.15, 0.2) is 5.65 Å². The summed E-state index contributed by atoms with van der Waals surface area (Å²) in [5.74, 6) is 0.326. The lowest BCUT2D eigenvalue weighted by Crippen LogP contribution is -2.36. The Hall–Kier alpha value is -1.58. The van der Waals surface area contributed by atoms with Gasteiger partial charge < -0.3 is 0 Å². The molecule has 124 valence electrons. The van der Waals surface area contributed by atoms with Crippen LogP contribution in [-0.2, 0) is 5.41 Å². The number of hydrogen-bond acceptors (Lipinski definition) is 2. The van der Waals surface area contributed by atoms with Gasteiger partial charge in [-0.3, -0.25) is 0 Å². The lowest BCUT2D eigenvalue weighted by Gasteiger charge is -2.41. The molecule has 3 aromatic rings. The van der Waals surface area contributed by atoms with Gasteiger partial charge in [0.1, 0.15) is 5.15 Å². The Kier molecular flexibility index (Phi) is 3.81. The first-order chi connectivity index (χ1) is 11.5. The van der Waals surface area contributed by atoms with Crippen molar-refractivity contribution in [2.75, 3.05) is 0 Å². The molecule has 0 amide bonds. The number of aromatic nitrogens is 3. The van der Waals surface area contributed by atoms with Gasteiger partial charge in [-0.05, 0) is 36.5 Å². The molecule has 1 fully saturated rings. The van der Waals surface area contributed by atoms with E-state index in [9.17, 15) is 0 Å². The predicted molar refractivity (Wildman–Crippen MR) is 98.2 cm³/mol. The molecule has 1 aliphatic carbocycles. The Morgan fingerprint density at radius 3 is 2.50 bits per heavy atom. The lowest BCUT2D eigenvalue weighted by atomic mass is 9.62. The fourth-order valence-corrected chi connectivity index (χ4v) is 4.08. The Bertz CT molecular complexity index is 910. The molecular weight excluding hydrogens is 341 g/mol. The lowest BCUT2D eigenvalue weighted by molar-refractivity contribution is 0.293. The molecule has 0 bridgehead atoms. The highest BCUT2D eigenvalue weighted by molar-refractivity contribution is 6.31. The van der Waals surface area contributed by atoms with Crippen LogP contribution in [0.5, 0.6) is 0 Å². The average Bonchev–Trinajstić information content (AvgIpc) is 2.92. The Morgan fingerprint density at radius 2 is 1.88 bits per heavy atom. The number of halogens is 2. The SMILES string of the molecule is CC(C)c1cc(Cl)n2nc(C3(c4ccccc4Cl)CCC3)cc2n1. The van der Waals surface area contributed by atoms with Gasteiger partial charge in [-0.1, -0.05) is 61.7 Å². The predicted octanol–water partition coefficient (Wildman–Crippen LogP) is 5.63. The zero-order chi connectivity index (χ0) is 16.9. The zero-order valence-electron chi connectivity index (χ0n) is 13.8. The quantitative estimate of drug-likeness (QED) is 0.567. The minimum absolute atomic E-state index is 0.118. The molecule has 2 heterocycles. The Labute approximate surface area is 151 Å².